The summed E-state index contributed by atoms with van der Waals surface area (Å²) in [5.41, 5.74) is 1.39. The van der Waals surface area contributed by atoms with Crippen LogP contribution in [0.15, 0.2) is 69.8 Å². The van der Waals surface area contributed by atoms with E-state index in [1.807, 2.05) is 22.9 Å². The van der Waals surface area contributed by atoms with Crippen molar-refractivity contribution in [1.82, 2.24) is 14.2 Å². The summed E-state index contributed by atoms with van der Waals surface area (Å²) in [4.78, 5) is 28.1. The summed E-state index contributed by atoms with van der Waals surface area (Å²) in [6.45, 7) is 4.13. The second-order valence-corrected chi connectivity index (χ2v) is 13.4. The first kappa shape index (κ1) is 28.4. The van der Waals surface area contributed by atoms with Crippen LogP contribution in [0.4, 0.5) is 16.2 Å². The van der Waals surface area contributed by atoms with Crippen molar-refractivity contribution >= 4 is 72.7 Å². The number of aromatic nitrogens is 1. The molecule has 1 saturated heterocycles. The molecule has 1 aliphatic heterocycles. The zero-order valence-electron chi connectivity index (χ0n) is 21.3. The van der Waals surface area contributed by atoms with Gasteiger partial charge in [0.05, 0.1) is 15.0 Å². The minimum atomic E-state index is -4.07. The van der Waals surface area contributed by atoms with Crippen LogP contribution in [0.5, 0.6) is 0 Å². The third-order valence-corrected chi connectivity index (χ3v) is 9.97. The van der Waals surface area contributed by atoms with Crippen molar-refractivity contribution in [2.45, 2.75) is 23.5 Å². The number of nitrogens with one attached hydrogen (secondary N) is 3. The maximum Gasteiger partial charge on any atom is 0.333 e. The molecule has 3 N–H and O–H groups in total. The molecule has 0 unspecified atom stereocenters. The lowest BCUT2D eigenvalue weighted by Gasteiger charge is -2.26. The Kier molecular flexibility index (Phi) is 8.67. The van der Waals surface area contributed by atoms with Gasteiger partial charge in [0.25, 0.3) is 15.6 Å². The number of rotatable bonds is 8. The smallest absolute Gasteiger partial charge is 0.333 e. The van der Waals surface area contributed by atoms with E-state index in [2.05, 4.69) is 15.5 Å². The summed E-state index contributed by atoms with van der Waals surface area (Å²) in [5.74, 6) is 0. The molecule has 9 nitrogen and oxygen atoms in total. The highest BCUT2D eigenvalue weighted by molar-refractivity contribution is 7.92. The molecule has 0 saturated carbocycles. The van der Waals surface area contributed by atoms with E-state index in [1.165, 1.54) is 48.1 Å². The van der Waals surface area contributed by atoms with Gasteiger partial charge < -0.3 is 15.5 Å². The number of nitrogens with zero attached hydrogens (tertiary/aromatic N) is 2. The van der Waals surface area contributed by atoms with Crippen LogP contribution in [-0.2, 0) is 10.0 Å². The number of halogens is 2. The number of thiophene rings is 1. The molecule has 3 heterocycles. The summed E-state index contributed by atoms with van der Waals surface area (Å²) in [5, 5.41) is 7.44. The third kappa shape index (κ3) is 6.61. The van der Waals surface area contributed by atoms with Crippen molar-refractivity contribution < 1.29 is 13.2 Å². The third-order valence-electron chi connectivity index (χ3n) is 6.62. The van der Waals surface area contributed by atoms with Crippen molar-refractivity contribution in [3.63, 3.8) is 0 Å². The first-order valence-corrected chi connectivity index (χ1v) is 15.8. The van der Waals surface area contributed by atoms with E-state index in [9.17, 15) is 18.0 Å². The van der Waals surface area contributed by atoms with E-state index in [1.54, 1.807) is 18.3 Å². The molecular weight excluding hydrogens is 593 g/mol. The number of carbonyl (C=O) groups excluding carboxylic acids is 1. The van der Waals surface area contributed by atoms with Gasteiger partial charge in [0.15, 0.2) is 0 Å². The van der Waals surface area contributed by atoms with Crippen LogP contribution in [0.2, 0.25) is 9.36 Å². The van der Waals surface area contributed by atoms with Crippen LogP contribution >= 0.6 is 34.5 Å². The van der Waals surface area contributed by atoms with Crippen LogP contribution in [-0.4, -0.2) is 50.1 Å². The molecular formula is C27H27Cl2N5O4S2. The zero-order valence-corrected chi connectivity index (χ0v) is 24.5. The number of sulfonamides is 1. The van der Waals surface area contributed by atoms with Crippen LogP contribution in [0.3, 0.4) is 0 Å². The molecule has 2 aromatic heterocycles. The van der Waals surface area contributed by atoms with E-state index in [-0.39, 0.29) is 24.8 Å². The molecule has 2 amide bonds. The van der Waals surface area contributed by atoms with E-state index in [4.69, 9.17) is 23.2 Å². The largest absolute Gasteiger partial charge is 0.384 e. The van der Waals surface area contributed by atoms with Crippen LogP contribution in [0.25, 0.3) is 16.5 Å². The number of hydrogen-bond donors (Lipinski definition) is 3. The lowest BCUT2D eigenvalue weighted by molar-refractivity contribution is 0.237. The number of pyridine rings is 1. The van der Waals surface area contributed by atoms with Gasteiger partial charge >= 0.3 is 6.03 Å². The summed E-state index contributed by atoms with van der Waals surface area (Å²) >= 11 is 13.1. The Balaban J connectivity index is 1.27. The van der Waals surface area contributed by atoms with Crippen molar-refractivity contribution in [2.75, 3.05) is 36.8 Å². The van der Waals surface area contributed by atoms with Gasteiger partial charge in [-0.2, -0.15) is 0 Å². The fourth-order valence-electron chi connectivity index (χ4n) is 4.64. The molecule has 4 aromatic rings. The SMILES string of the molecule is O=C(Nc1ccc(-n2ccc3cc(NCCN4CCCCC4)ccc3c2=O)c(Cl)c1)NS(=O)(=O)c1ccc(Cl)s1. The molecule has 0 aliphatic carbocycles. The van der Waals surface area contributed by atoms with Crippen LogP contribution in [0.1, 0.15) is 19.3 Å². The average molecular weight is 621 g/mol. The minimum absolute atomic E-state index is 0.0861. The number of likely N-dealkylation sites (tertiary alicyclic amines) is 1. The second kappa shape index (κ2) is 12.2. The van der Waals surface area contributed by atoms with Gasteiger partial charge in [-0.15, -0.1) is 11.3 Å². The lowest BCUT2D eigenvalue weighted by Crippen LogP contribution is -2.34. The molecule has 210 valence electrons. The Morgan fingerprint density at radius 2 is 1.73 bits per heavy atom. The van der Waals surface area contributed by atoms with Gasteiger partial charge in [-0.3, -0.25) is 9.36 Å². The number of urea groups is 1. The molecule has 2 aromatic carbocycles. The predicted octanol–water partition coefficient (Wildman–Crippen LogP) is 5.77. The highest BCUT2D eigenvalue weighted by Crippen LogP contribution is 2.27. The number of anilines is 2. The number of hydrogen-bond acceptors (Lipinski definition) is 7. The van der Waals surface area contributed by atoms with Crippen molar-refractivity contribution in [3.05, 3.63) is 80.5 Å². The molecule has 0 spiro atoms. The molecule has 0 atom stereocenters. The van der Waals surface area contributed by atoms with E-state index in [0.29, 0.717) is 11.1 Å². The lowest BCUT2D eigenvalue weighted by atomic mass is 10.1. The van der Waals surface area contributed by atoms with Gasteiger partial charge in [0.2, 0.25) is 0 Å². The first-order valence-electron chi connectivity index (χ1n) is 12.7. The number of benzene rings is 2. The van der Waals surface area contributed by atoms with Gasteiger partial charge in [-0.05, 0) is 85.9 Å². The molecule has 1 aliphatic rings. The topological polar surface area (TPSA) is 113 Å². The normalized spacial score (nSPS) is 14.2. The standard InChI is InChI=1S/C27H27Cl2N5O4S2/c28-22-17-20(31-27(36)32-40(37,38)25-9-8-24(29)39-25)5-7-23(22)34-14-10-18-16-19(4-6-21(18)26(34)35)30-11-15-33-12-2-1-3-13-33/h4-10,14,16-17,30H,1-3,11-13,15H2,(H2,31,32,36). The van der Waals surface area contributed by atoms with E-state index < -0.39 is 16.1 Å². The number of amides is 2. The Bertz CT molecular complexity index is 1720. The molecule has 1 fully saturated rings. The fourth-order valence-corrected chi connectivity index (χ4v) is 7.30. The molecule has 0 bridgehead atoms. The highest BCUT2D eigenvalue weighted by Gasteiger charge is 2.20. The maximum atomic E-state index is 13.3. The van der Waals surface area contributed by atoms with Crippen molar-refractivity contribution in [1.29, 1.82) is 0 Å². The van der Waals surface area contributed by atoms with E-state index in [0.717, 1.165) is 48.6 Å². The van der Waals surface area contributed by atoms with Crippen LogP contribution < -0.4 is 20.9 Å². The minimum Gasteiger partial charge on any atom is -0.384 e. The van der Waals surface area contributed by atoms with Gasteiger partial charge in [-0.1, -0.05) is 29.6 Å². The summed E-state index contributed by atoms with van der Waals surface area (Å²) < 4.78 is 28.3. The number of piperidine rings is 1. The molecule has 5 rings (SSSR count). The highest BCUT2D eigenvalue weighted by atomic mass is 35.5. The van der Waals surface area contributed by atoms with Gasteiger partial charge in [0.1, 0.15) is 4.21 Å². The van der Waals surface area contributed by atoms with Gasteiger partial charge in [0, 0.05) is 36.0 Å². The van der Waals surface area contributed by atoms with E-state index >= 15 is 0 Å². The Morgan fingerprint density at radius 1 is 0.950 bits per heavy atom. The van der Waals surface area contributed by atoms with Crippen LogP contribution in [0, 0.1) is 0 Å². The molecule has 13 heteroatoms. The fraction of sp³-hybridized carbons (Fsp3) is 0.259. The number of carbonyl (C=O) groups is 1. The van der Waals surface area contributed by atoms with Gasteiger partial charge in [-0.25, -0.2) is 17.9 Å². The monoisotopic (exact) mass is 619 g/mol. The Labute approximate surface area is 245 Å². The maximum absolute atomic E-state index is 13.3. The average Bonchev–Trinajstić information content (AvgIpc) is 3.37. The molecule has 0 radical (unpaired) electrons. The Morgan fingerprint density at radius 3 is 2.45 bits per heavy atom. The zero-order chi connectivity index (χ0) is 28.3. The first-order chi connectivity index (χ1) is 19.2. The quantitative estimate of drug-likeness (QED) is 0.231. The predicted molar refractivity (Wildman–Crippen MR) is 162 cm³/mol. The molecule has 40 heavy (non-hydrogen) atoms. The Hall–Kier alpha value is -3.09. The van der Waals surface area contributed by atoms with Crippen molar-refractivity contribution in [3.8, 4) is 5.69 Å². The summed E-state index contributed by atoms with van der Waals surface area (Å²) in [7, 11) is -4.07. The number of fused-ring (bicyclic) bond motifs is 1. The van der Waals surface area contributed by atoms with Crippen molar-refractivity contribution in [2.24, 2.45) is 0 Å². The second-order valence-electron chi connectivity index (χ2n) is 9.41. The summed E-state index contributed by atoms with van der Waals surface area (Å²) in [6.07, 6.45) is 5.49. The summed E-state index contributed by atoms with van der Waals surface area (Å²) in [6, 6.07) is 13.8.